The zero-order valence-electron chi connectivity index (χ0n) is 9.04. The van der Waals surface area contributed by atoms with Crippen molar-refractivity contribution in [2.45, 2.75) is 18.0 Å². The first-order chi connectivity index (χ1) is 7.95. The predicted octanol–water partition coefficient (Wildman–Crippen LogP) is 3.20. The molecule has 0 fully saturated rings. The van der Waals surface area contributed by atoms with Crippen molar-refractivity contribution in [2.24, 2.45) is 0 Å². The predicted molar refractivity (Wildman–Crippen MR) is 67.5 cm³/mol. The van der Waals surface area contributed by atoms with Crippen LogP contribution in [0.5, 0.6) is 0 Å². The Hall–Kier alpha value is -1.35. The van der Waals surface area contributed by atoms with E-state index in [0.29, 0.717) is 0 Å². The van der Waals surface area contributed by atoms with Crippen molar-refractivity contribution in [1.82, 2.24) is 9.97 Å². The number of thioether (sulfide) groups is 1. The quantitative estimate of drug-likeness (QED) is 0.448. The van der Waals surface area contributed by atoms with Crippen LogP contribution in [0.4, 0.5) is 0 Å². The van der Waals surface area contributed by atoms with Crippen molar-refractivity contribution in [1.29, 1.82) is 0 Å². The second-order valence-corrected chi connectivity index (χ2v) is 4.53. The summed E-state index contributed by atoms with van der Waals surface area (Å²) in [5.74, 6) is 1.07. The zero-order valence-corrected chi connectivity index (χ0v) is 9.86. The fraction of sp³-hybridized carbons (Fsp3) is 0.231. The molecule has 0 saturated carbocycles. The number of hydrogen-bond donors (Lipinski definition) is 0. The van der Waals surface area contributed by atoms with Gasteiger partial charge in [-0.05, 0) is 24.5 Å². The molecule has 1 heterocycles. The highest BCUT2D eigenvalue weighted by atomic mass is 32.2. The third-order valence-corrected chi connectivity index (χ3v) is 3.19. The van der Waals surface area contributed by atoms with Gasteiger partial charge in [0.1, 0.15) is 0 Å². The Balaban J connectivity index is 1.70. The number of aromatic nitrogens is 2. The van der Waals surface area contributed by atoms with E-state index >= 15 is 0 Å². The van der Waals surface area contributed by atoms with Crippen LogP contribution in [-0.4, -0.2) is 15.7 Å². The number of aryl methyl sites for hydroxylation is 1. The molecule has 0 saturated heterocycles. The summed E-state index contributed by atoms with van der Waals surface area (Å²) in [6, 6.07) is 12.4. The van der Waals surface area contributed by atoms with E-state index in [9.17, 15) is 0 Å². The second kappa shape index (κ2) is 6.28. The van der Waals surface area contributed by atoms with Gasteiger partial charge in [0.05, 0.1) is 0 Å². The number of rotatable bonds is 5. The van der Waals surface area contributed by atoms with Crippen molar-refractivity contribution in [2.75, 3.05) is 5.75 Å². The smallest absolute Gasteiger partial charge is 0.187 e. The molecule has 0 bridgehead atoms. The van der Waals surface area contributed by atoms with Crippen LogP contribution in [0, 0.1) is 0 Å². The molecule has 1 aromatic carbocycles. The SMILES string of the molecule is c1ccc(CCCSc2ncccn2)cc1. The van der Waals surface area contributed by atoms with Crippen molar-refractivity contribution in [3.05, 3.63) is 54.4 Å². The van der Waals surface area contributed by atoms with Crippen LogP contribution in [0.2, 0.25) is 0 Å². The Morgan fingerprint density at radius 2 is 1.69 bits per heavy atom. The van der Waals surface area contributed by atoms with Gasteiger partial charge in [0, 0.05) is 18.1 Å². The summed E-state index contributed by atoms with van der Waals surface area (Å²) >= 11 is 1.72. The molecule has 0 unspecified atom stereocenters. The summed E-state index contributed by atoms with van der Waals surface area (Å²) in [6.07, 6.45) is 5.85. The van der Waals surface area contributed by atoms with Crippen LogP contribution < -0.4 is 0 Å². The minimum Gasteiger partial charge on any atom is -0.231 e. The van der Waals surface area contributed by atoms with E-state index in [2.05, 4.69) is 40.3 Å². The van der Waals surface area contributed by atoms with Gasteiger partial charge in [-0.2, -0.15) is 0 Å². The molecule has 0 aliphatic carbocycles. The molecule has 2 rings (SSSR count). The Kier molecular flexibility index (Phi) is 4.37. The molecule has 2 aromatic rings. The Bertz CT molecular complexity index is 361. The standard InChI is InChI=1S/C13H14N2S/c1-2-6-12(7-3-1)8-4-11-16-13-14-9-5-10-15-13/h1-3,5-7,9-10H,4,8,11H2. The maximum absolute atomic E-state index is 4.18. The molecule has 0 aliphatic heterocycles. The van der Waals surface area contributed by atoms with Crippen molar-refractivity contribution in [3.63, 3.8) is 0 Å². The minimum atomic E-state index is 0.871. The molecular weight excluding hydrogens is 216 g/mol. The maximum atomic E-state index is 4.18. The number of benzene rings is 1. The van der Waals surface area contributed by atoms with Gasteiger partial charge in [-0.3, -0.25) is 0 Å². The third-order valence-electron chi connectivity index (χ3n) is 2.23. The lowest BCUT2D eigenvalue weighted by molar-refractivity contribution is 0.918. The number of hydrogen-bond acceptors (Lipinski definition) is 3. The zero-order chi connectivity index (χ0) is 11.1. The molecular formula is C13H14N2S. The summed E-state index contributed by atoms with van der Waals surface area (Å²) in [7, 11) is 0. The average molecular weight is 230 g/mol. The Labute approximate surface area is 100 Å². The molecule has 16 heavy (non-hydrogen) atoms. The van der Waals surface area contributed by atoms with Crippen LogP contribution in [0.3, 0.4) is 0 Å². The van der Waals surface area contributed by atoms with Crippen molar-refractivity contribution >= 4 is 11.8 Å². The van der Waals surface area contributed by atoms with Gasteiger partial charge in [-0.15, -0.1) is 0 Å². The van der Waals surface area contributed by atoms with Gasteiger partial charge in [0.25, 0.3) is 0 Å². The maximum Gasteiger partial charge on any atom is 0.187 e. The van der Waals surface area contributed by atoms with Gasteiger partial charge >= 0.3 is 0 Å². The normalized spacial score (nSPS) is 10.2. The first-order valence-corrected chi connectivity index (χ1v) is 6.37. The van der Waals surface area contributed by atoms with Gasteiger partial charge in [-0.25, -0.2) is 9.97 Å². The Morgan fingerprint density at radius 3 is 2.44 bits per heavy atom. The van der Waals surface area contributed by atoms with E-state index in [1.54, 1.807) is 24.2 Å². The topological polar surface area (TPSA) is 25.8 Å². The van der Waals surface area contributed by atoms with Crippen molar-refractivity contribution < 1.29 is 0 Å². The molecule has 1 aromatic heterocycles. The molecule has 0 atom stereocenters. The highest BCUT2D eigenvalue weighted by molar-refractivity contribution is 7.99. The summed E-state index contributed by atoms with van der Waals surface area (Å²) in [4.78, 5) is 8.35. The molecule has 2 nitrogen and oxygen atoms in total. The molecule has 0 N–H and O–H groups in total. The highest BCUT2D eigenvalue weighted by Gasteiger charge is 1.96. The van der Waals surface area contributed by atoms with Crippen LogP contribution >= 0.6 is 11.8 Å². The van der Waals surface area contributed by atoms with Gasteiger partial charge in [0.2, 0.25) is 0 Å². The Morgan fingerprint density at radius 1 is 0.938 bits per heavy atom. The molecule has 82 valence electrons. The van der Waals surface area contributed by atoms with E-state index in [-0.39, 0.29) is 0 Å². The lowest BCUT2D eigenvalue weighted by Crippen LogP contribution is -1.89. The third kappa shape index (κ3) is 3.66. The lowest BCUT2D eigenvalue weighted by Gasteiger charge is -2.00. The summed E-state index contributed by atoms with van der Waals surface area (Å²) in [5, 5.41) is 0.871. The summed E-state index contributed by atoms with van der Waals surface area (Å²) < 4.78 is 0. The molecule has 0 amide bonds. The van der Waals surface area contributed by atoms with Crippen LogP contribution in [-0.2, 0) is 6.42 Å². The van der Waals surface area contributed by atoms with Gasteiger partial charge < -0.3 is 0 Å². The van der Waals surface area contributed by atoms with E-state index in [0.717, 1.165) is 23.8 Å². The lowest BCUT2D eigenvalue weighted by atomic mass is 10.1. The van der Waals surface area contributed by atoms with Crippen LogP contribution in [0.25, 0.3) is 0 Å². The number of nitrogens with zero attached hydrogens (tertiary/aromatic N) is 2. The fourth-order valence-electron chi connectivity index (χ4n) is 1.44. The van der Waals surface area contributed by atoms with Crippen LogP contribution in [0.1, 0.15) is 12.0 Å². The average Bonchev–Trinajstić information content (AvgIpc) is 2.37. The fourth-order valence-corrected chi connectivity index (χ4v) is 2.19. The summed E-state index contributed by atoms with van der Waals surface area (Å²) in [6.45, 7) is 0. The van der Waals surface area contributed by atoms with Gasteiger partial charge in [-0.1, -0.05) is 42.1 Å². The van der Waals surface area contributed by atoms with E-state index in [1.807, 2.05) is 6.07 Å². The van der Waals surface area contributed by atoms with Gasteiger partial charge in [0.15, 0.2) is 5.16 Å². The highest BCUT2D eigenvalue weighted by Crippen LogP contribution is 2.13. The first kappa shape index (κ1) is 11.1. The monoisotopic (exact) mass is 230 g/mol. The van der Waals surface area contributed by atoms with E-state index < -0.39 is 0 Å². The van der Waals surface area contributed by atoms with Crippen molar-refractivity contribution in [3.8, 4) is 0 Å². The second-order valence-electron chi connectivity index (χ2n) is 3.47. The largest absolute Gasteiger partial charge is 0.231 e. The first-order valence-electron chi connectivity index (χ1n) is 5.39. The van der Waals surface area contributed by atoms with E-state index in [1.165, 1.54) is 5.56 Å². The molecule has 0 aliphatic rings. The molecule has 0 radical (unpaired) electrons. The minimum absolute atomic E-state index is 0.871. The molecule has 3 heteroatoms. The van der Waals surface area contributed by atoms with Crippen LogP contribution in [0.15, 0.2) is 53.9 Å². The van der Waals surface area contributed by atoms with E-state index in [4.69, 9.17) is 0 Å². The molecule has 0 spiro atoms. The summed E-state index contributed by atoms with van der Waals surface area (Å²) in [5.41, 5.74) is 1.40.